The van der Waals surface area contributed by atoms with Gasteiger partial charge in [0, 0.05) is 63.1 Å². The van der Waals surface area contributed by atoms with Crippen LogP contribution in [-0.4, -0.2) is 142 Å². The van der Waals surface area contributed by atoms with Gasteiger partial charge in [-0.1, -0.05) is 19.1 Å². The van der Waals surface area contributed by atoms with Gasteiger partial charge in [-0.3, -0.25) is 39.1 Å². The van der Waals surface area contributed by atoms with E-state index in [1.807, 2.05) is 18.2 Å². The second kappa shape index (κ2) is 15.7. The SMILES string of the molecule is CC1(c2ccc(Nc3nc(N4CCCC(N5CC6CCCCN6C5=O)C4)cnc3C(N)=O)cc2)CCN(C2CN(c3ccc4c(c3)C(=O)N(C3CCC(=O)NC3=O)C4=O)C2)CC1. The minimum Gasteiger partial charge on any atom is -0.368 e. The Bertz CT molecular complexity index is 2340. The summed E-state index contributed by atoms with van der Waals surface area (Å²) in [5.74, 6) is -1.71. The molecule has 6 fully saturated rings. The van der Waals surface area contributed by atoms with E-state index in [1.54, 1.807) is 18.3 Å². The number of nitrogens with one attached hydrogen (secondary N) is 2. The Balaban J connectivity index is 0.742. The van der Waals surface area contributed by atoms with Crippen LogP contribution in [0.1, 0.15) is 101 Å². The zero-order valence-corrected chi connectivity index (χ0v) is 35.1. The van der Waals surface area contributed by atoms with Crippen molar-refractivity contribution in [2.75, 3.05) is 67.5 Å². The number of amides is 7. The van der Waals surface area contributed by atoms with Gasteiger partial charge in [0.05, 0.1) is 29.4 Å². The van der Waals surface area contributed by atoms with Gasteiger partial charge in [-0.25, -0.2) is 14.8 Å². The molecule has 1 aromatic heterocycles. The number of aromatic nitrogens is 2. The molecule has 324 valence electrons. The summed E-state index contributed by atoms with van der Waals surface area (Å²) in [4.78, 5) is 97.8. The molecule has 0 saturated carbocycles. The molecular weight excluding hydrogens is 791 g/mol. The minimum atomic E-state index is -0.984. The lowest BCUT2D eigenvalue weighted by Crippen LogP contribution is -2.61. The van der Waals surface area contributed by atoms with Crippen molar-refractivity contribution in [1.29, 1.82) is 0 Å². The predicted molar refractivity (Wildman–Crippen MR) is 229 cm³/mol. The highest BCUT2D eigenvalue weighted by atomic mass is 16.2. The first-order valence-corrected chi connectivity index (χ1v) is 22.2. The Morgan fingerprint density at radius 3 is 2.26 bits per heavy atom. The van der Waals surface area contributed by atoms with Crippen LogP contribution in [0.3, 0.4) is 0 Å². The fourth-order valence-electron chi connectivity index (χ4n) is 10.8. The summed E-state index contributed by atoms with van der Waals surface area (Å²) >= 11 is 0. The largest absolute Gasteiger partial charge is 0.368 e. The number of hydrogen-bond acceptors (Lipinski definition) is 12. The van der Waals surface area contributed by atoms with Crippen LogP contribution in [0, 0.1) is 0 Å². The average Bonchev–Trinajstić information content (AvgIpc) is 3.72. The number of benzene rings is 2. The van der Waals surface area contributed by atoms with E-state index >= 15 is 0 Å². The number of carbonyl (C=O) groups is 6. The van der Waals surface area contributed by atoms with Crippen LogP contribution in [0.5, 0.6) is 0 Å². The lowest BCUT2D eigenvalue weighted by Gasteiger charge is -2.50. The van der Waals surface area contributed by atoms with E-state index in [4.69, 9.17) is 10.7 Å². The molecular formula is C45H53N11O6. The van der Waals surface area contributed by atoms with Crippen molar-refractivity contribution < 1.29 is 28.8 Å². The van der Waals surface area contributed by atoms with Gasteiger partial charge in [-0.05, 0) is 106 Å². The van der Waals surface area contributed by atoms with Crippen LogP contribution >= 0.6 is 0 Å². The quantitative estimate of drug-likeness (QED) is 0.267. The highest BCUT2D eigenvalue weighted by Crippen LogP contribution is 2.39. The third kappa shape index (κ3) is 7.09. The van der Waals surface area contributed by atoms with Crippen LogP contribution in [0.25, 0.3) is 0 Å². The van der Waals surface area contributed by atoms with E-state index in [-0.39, 0.29) is 41.6 Å². The highest BCUT2D eigenvalue weighted by Gasteiger charge is 2.46. The molecule has 62 heavy (non-hydrogen) atoms. The summed E-state index contributed by atoms with van der Waals surface area (Å²) in [6, 6.07) is 13.6. The fraction of sp³-hybridized carbons (Fsp3) is 0.511. The molecule has 10 rings (SSSR count). The monoisotopic (exact) mass is 843 g/mol. The molecule has 7 aliphatic heterocycles. The number of carbonyl (C=O) groups excluding carboxylic acids is 6. The number of rotatable bonds is 9. The van der Waals surface area contributed by atoms with Crippen molar-refractivity contribution in [3.05, 3.63) is 71.0 Å². The number of anilines is 4. The Hall–Kier alpha value is -6.10. The molecule has 2 aromatic carbocycles. The van der Waals surface area contributed by atoms with Crippen molar-refractivity contribution >= 4 is 58.6 Å². The number of urea groups is 1. The van der Waals surface area contributed by atoms with Crippen LogP contribution < -0.4 is 26.2 Å². The van der Waals surface area contributed by atoms with Gasteiger partial charge in [0.25, 0.3) is 17.7 Å². The summed E-state index contributed by atoms with van der Waals surface area (Å²) in [5.41, 5.74) is 9.28. The molecule has 0 aliphatic carbocycles. The van der Waals surface area contributed by atoms with Gasteiger partial charge < -0.3 is 30.7 Å². The highest BCUT2D eigenvalue weighted by molar-refractivity contribution is 6.23. The van der Waals surface area contributed by atoms with Crippen molar-refractivity contribution in [3.63, 3.8) is 0 Å². The molecule has 7 aliphatic rings. The summed E-state index contributed by atoms with van der Waals surface area (Å²) in [6.07, 6.45) is 8.99. The van der Waals surface area contributed by atoms with Crippen LogP contribution in [0.15, 0.2) is 48.7 Å². The van der Waals surface area contributed by atoms with Crippen molar-refractivity contribution in [3.8, 4) is 0 Å². The summed E-state index contributed by atoms with van der Waals surface area (Å²) in [5, 5.41) is 5.57. The molecule has 4 N–H and O–H groups in total. The number of nitrogens with two attached hydrogens (primary N) is 1. The number of imide groups is 2. The van der Waals surface area contributed by atoms with Gasteiger partial charge in [0.1, 0.15) is 11.9 Å². The third-order valence-electron chi connectivity index (χ3n) is 14.6. The van der Waals surface area contributed by atoms with Crippen LogP contribution in [0.4, 0.5) is 27.8 Å². The Kier molecular flexibility index (Phi) is 10.1. The van der Waals surface area contributed by atoms with Crippen molar-refractivity contribution in [2.45, 2.75) is 94.3 Å². The smallest absolute Gasteiger partial charge is 0.320 e. The number of primary amides is 1. The van der Waals surface area contributed by atoms with Gasteiger partial charge >= 0.3 is 6.03 Å². The molecule has 8 heterocycles. The second-order valence-electron chi connectivity index (χ2n) is 18.3. The normalized spacial score (nSPS) is 25.5. The topological polar surface area (TPSA) is 198 Å². The molecule has 0 spiro atoms. The van der Waals surface area contributed by atoms with E-state index in [2.05, 4.69) is 59.2 Å². The first-order valence-electron chi connectivity index (χ1n) is 22.2. The van der Waals surface area contributed by atoms with Gasteiger partial charge in [0.2, 0.25) is 11.8 Å². The predicted octanol–water partition coefficient (Wildman–Crippen LogP) is 3.22. The zero-order chi connectivity index (χ0) is 42.9. The van der Waals surface area contributed by atoms with Gasteiger partial charge in [0.15, 0.2) is 11.5 Å². The van der Waals surface area contributed by atoms with E-state index in [9.17, 15) is 28.8 Å². The molecule has 6 saturated heterocycles. The van der Waals surface area contributed by atoms with Gasteiger partial charge in [-0.15, -0.1) is 0 Å². The third-order valence-corrected chi connectivity index (χ3v) is 14.6. The van der Waals surface area contributed by atoms with E-state index in [1.165, 1.54) is 12.0 Å². The molecule has 0 bridgehead atoms. The molecule has 17 heteroatoms. The number of likely N-dealkylation sites (tertiary alicyclic amines) is 1. The standard InChI is InChI=1S/C45H53N11O6/c1-45(15-19-51(20-16-45)32-24-53(25-32)29-11-12-33-34(21-29)43(61)56(42(33)60)35-13-14-37(57)50-41(35)59)27-7-9-28(10-8-27)48-40-38(39(46)58)47-22-36(49-40)52-17-4-6-30(23-52)55-26-31-5-2-3-18-54(31)44(55)62/h7-12,21-22,30-32,35H,2-6,13-20,23-26H2,1H3,(H2,46,58)(H,48,49)(H,50,57,59). The van der Waals surface area contributed by atoms with Crippen LogP contribution in [0.2, 0.25) is 0 Å². The molecule has 7 amide bonds. The van der Waals surface area contributed by atoms with E-state index in [0.29, 0.717) is 35.8 Å². The Morgan fingerprint density at radius 1 is 0.790 bits per heavy atom. The fourth-order valence-corrected chi connectivity index (χ4v) is 10.8. The Labute approximate surface area is 359 Å². The molecule has 3 atom stereocenters. The molecule has 17 nitrogen and oxygen atoms in total. The van der Waals surface area contributed by atoms with Crippen molar-refractivity contribution in [1.82, 2.24) is 34.9 Å². The lowest BCUT2D eigenvalue weighted by molar-refractivity contribution is -0.136. The number of piperidine rings is 4. The molecule has 3 aromatic rings. The molecule has 0 radical (unpaired) electrons. The maximum Gasteiger partial charge on any atom is 0.320 e. The van der Waals surface area contributed by atoms with Gasteiger partial charge in [-0.2, -0.15) is 0 Å². The Morgan fingerprint density at radius 2 is 1.52 bits per heavy atom. The summed E-state index contributed by atoms with van der Waals surface area (Å²) < 4.78 is 0. The average molecular weight is 844 g/mol. The number of hydrogen-bond donors (Lipinski definition) is 3. The van der Waals surface area contributed by atoms with E-state index < -0.39 is 35.6 Å². The minimum absolute atomic E-state index is 0.0197. The summed E-state index contributed by atoms with van der Waals surface area (Å²) in [7, 11) is 0. The maximum atomic E-state index is 13.4. The molecule has 3 unspecified atom stereocenters. The van der Waals surface area contributed by atoms with E-state index in [0.717, 1.165) is 101 Å². The maximum absolute atomic E-state index is 13.4. The second-order valence-corrected chi connectivity index (χ2v) is 18.3. The first-order chi connectivity index (χ1) is 29.9. The van der Waals surface area contributed by atoms with Crippen molar-refractivity contribution in [2.24, 2.45) is 5.73 Å². The first kappa shape index (κ1) is 40.0. The number of nitrogens with zero attached hydrogens (tertiary/aromatic N) is 8. The summed E-state index contributed by atoms with van der Waals surface area (Å²) in [6.45, 7) is 8.90. The van der Waals surface area contributed by atoms with Crippen LogP contribution in [-0.2, 0) is 15.0 Å². The lowest BCUT2D eigenvalue weighted by atomic mass is 9.74. The zero-order valence-electron chi connectivity index (χ0n) is 35.1. The number of fused-ring (bicyclic) bond motifs is 2.